The zero-order valence-corrected chi connectivity index (χ0v) is 16.8. The minimum atomic E-state index is 0.277. The Morgan fingerprint density at radius 1 is 1.00 bits per heavy atom. The fraction of sp³-hybridized carbons (Fsp3) is 0.136. The summed E-state index contributed by atoms with van der Waals surface area (Å²) in [4.78, 5) is 11.5. The maximum absolute atomic E-state index is 5.84. The standard InChI is InChI=1S/C22H18N4O2S/c1-14-19(15-6-4-3-5-7-15)20-21-24-18(25-26(21)13-23-22(20)29-14)12-28-17-10-8-16(27-2)9-11-17/h3-11,13H,12H2,1-2H3. The van der Waals surface area contributed by atoms with Crippen LogP contribution < -0.4 is 9.47 Å². The normalized spacial score (nSPS) is 11.2. The van der Waals surface area contributed by atoms with Gasteiger partial charge in [0.2, 0.25) is 0 Å². The number of rotatable bonds is 5. The van der Waals surface area contributed by atoms with Gasteiger partial charge in [-0.25, -0.2) is 14.5 Å². The molecule has 3 aromatic heterocycles. The largest absolute Gasteiger partial charge is 0.497 e. The molecule has 2 aromatic carbocycles. The molecule has 3 heterocycles. The highest BCUT2D eigenvalue weighted by molar-refractivity contribution is 7.19. The molecule has 0 bridgehead atoms. The van der Waals surface area contributed by atoms with Gasteiger partial charge in [-0.05, 0) is 36.8 Å². The number of methoxy groups -OCH3 is 1. The molecule has 0 aliphatic rings. The molecular weight excluding hydrogens is 384 g/mol. The molecule has 0 unspecified atom stereocenters. The zero-order valence-electron chi connectivity index (χ0n) is 16.0. The van der Waals surface area contributed by atoms with E-state index < -0.39 is 0 Å². The predicted octanol–water partition coefficient (Wildman–Crippen LogP) is 4.90. The lowest BCUT2D eigenvalue weighted by molar-refractivity contribution is 0.295. The van der Waals surface area contributed by atoms with Crippen LogP contribution in [0, 0.1) is 6.92 Å². The average molecular weight is 402 g/mol. The number of aryl methyl sites for hydroxylation is 1. The maximum atomic E-state index is 5.84. The van der Waals surface area contributed by atoms with E-state index in [1.165, 1.54) is 10.4 Å². The van der Waals surface area contributed by atoms with E-state index in [2.05, 4.69) is 29.1 Å². The number of aromatic nitrogens is 4. The molecule has 0 aliphatic carbocycles. The minimum Gasteiger partial charge on any atom is -0.497 e. The van der Waals surface area contributed by atoms with Crippen molar-refractivity contribution in [2.75, 3.05) is 7.11 Å². The van der Waals surface area contributed by atoms with Crippen LogP contribution in [0.3, 0.4) is 0 Å². The number of benzene rings is 2. The van der Waals surface area contributed by atoms with Gasteiger partial charge in [0, 0.05) is 10.4 Å². The number of hydrogen-bond donors (Lipinski definition) is 0. The van der Waals surface area contributed by atoms with Crippen LogP contribution in [-0.2, 0) is 6.61 Å². The van der Waals surface area contributed by atoms with E-state index in [-0.39, 0.29) is 6.61 Å². The van der Waals surface area contributed by atoms with Crippen LogP contribution in [0.1, 0.15) is 10.7 Å². The highest BCUT2D eigenvalue weighted by Gasteiger charge is 2.18. The van der Waals surface area contributed by atoms with Gasteiger partial charge in [0.25, 0.3) is 0 Å². The molecule has 0 fully saturated rings. The van der Waals surface area contributed by atoms with E-state index in [9.17, 15) is 0 Å². The summed E-state index contributed by atoms with van der Waals surface area (Å²) in [7, 11) is 1.64. The van der Waals surface area contributed by atoms with Gasteiger partial charge < -0.3 is 9.47 Å². The first kappa shape index (κ1) is 17.6. The molecule has 6 nitrogen and oxygen atoms in total. The van der Waals surface area contributed by atoms with Crippen molar-refractivity contribution >= 4 is 27.2 Å². The van der Waals surface area contributed by atoms with Gasteiger partial charge >= 0.3 is 0 Å². The first-order valence-electron chi connectivity index (χ1n) is 9.18. The lowest BCUT2D eigenvalue weighted by Crippen LogP contribution is -1.98. The summed E-state index contributed by atoms with van der Waals surface area (Å²) in [5, 5.41) is 5.59. The molecule has 0 saturated heterocycles. The second-order valence-electron chi connectivity index (χ2n) is 6.58. The number of nitrogens with zero attached hydrogens (tertiary/aromatic N) is 4. The van der Waals surface area contributed by atoms with E-state index in [1.807, 2.05) is 42.5 Å². The fourth-order valence-electron chi connectivity index (χ4n) is 3.39. The average Bonchev–Trinajstić information content (AvgIpc) is 3.33. The second kappa shape index (κ2) is 7.18. The van der Waals surface area contributed by atoms with Crippen molar-refractivity contribution < 1.29 is 9.47 Å². The highest BCUT2D eigenvalue weighted by atomic mass is 32.1. The minimum absolute atomic E-state index is 0.277. The van der Waals surface area contributed by atoms with Gasteiger partial charge in [-0.2, -0.15) is 0 Å². The molecular formula is C22H18N4O2S. The summed E-state index contributed by atoms with van der Waals surface area (Å²) >= 11 is 1.68. The molecule has 0 amide bonds. The van der Waals surface area contributed by atoms with Crippen molar-refractivity contribution in [3.63, 3.8) is 0 Å². The predicted molar refractivity (Wildman–Crippen MR) is 114 cm³/mol. The third-order valence-corrected chi connectivity index (χ3v) is 5.75. The Labute approximate surface area is 171 Å². The fourth-order valence-corrected chi connectivity index (χ4v) is 4.39. The Hall–Kier alpha value is -3.45. The molecule has 0 saturated carbocycles. The molecule has 0 radical (unpaired) electrons. The van der Waals surface area contributed by atoms with Gasteiger partial charge in [-0.1, -0.05) is 30.3 Å². The Balaban J connectivity index is 1.53. The molecule has 0 spiro atoms. The molecule has 5 aromatic rings. The van der Waals surface area contributed by atoms with Crippen molar-refractivity contribution in [3.8, 4) is 22.6 Å². The van der Waals surface area contributed by atoms with E-state index in [4.69, 9.17) is 14.5 Å². The smallest absolute Gasteiger partial charge is 0.189 e. The quantitative estimate of drug-likeness (QED) is 0.418. The van der Waals surface area contributed by atoms with E-state index in [1.54, 1.807) is 29.3 Å². The molecule has 7 heteroatoms. The summed E-state index contributed by atoms with van der Waals surface area (Å²) in [5.74, 6) is 2.14. The lowest BCUT2D eigenvalue weighted by atomic mass is 10.0. The van der Waals surface area contributed by atoms with Crippen LogP contribution in [0.4, 0.5) is 0 Å². The summed E-state index contributed by atoms with van der Waals surface area (Å²) in [6, 6.07) is 17.8. The summed E-state index contributed by atoms with van der Waals surface area (Å²) < 4.78 is 12.7. The van der Waals surface area contributed by atoms with Gasteiger partial charge in [0.05, 0.1) is 12.5 Å². The monoisotopic (exact) mass is 402 g/mol. The molecule has 0 aliphatic heterocycles. The van der Waals surface area contributed by atoms with Gasteiger partial charge in [-0.3, -0.25) is 0 Å². The topological polar surface area (TPSA) is 61.5 Å². The first-order valence-corrected chi connectivity index (χ1v) is 10.00. The molecule has 5 rings (SSSR count). The van der Waals surface area contributed by atoms with Gasteiger partial charge in [-0.15, -0.1) is 16.4 Å². The lowest BCUT2D eigenvalue weighted by Gasteiger charge is -2.04. The number of ether oxygens (including phenoxy) is 2. The van der Waals surface area contributed by atoms with Crippen molar-refractivity contribution in [1.29, 1.82) is 0 Å². The van der Waals surface area contributed by atoms with Crippen molar-refractivity contribution in [3.05, 3.63) is 71.6 Å². The van der Waals surface area contributed by atoms with Gasteiger partial charge in [0.15, 0.2) is 11.5 Å². The summed E-state index contributed by atoms with van der Waals surface area (Å²) in [6.45, 7) is 2.40. The SMILES string of the molecule is COc1ccc(OCc2nc3c4c(-c5ccccc5)c(C)sc4ncn3n2)cc1. The number of fused-ring (bicyclic) bond motifs is 3. The molecule has 0 N–H and O–H groups in total. The third kappa shape index (κ3) is 3.19. The second-order valence-corrected chi connectivity index (χ2v) is 7.79. The molecule has 0 atom stereocenters. The van der Waals surface area contributed by atoms with Crippen LogP contribution in [0.2, 0.25) is 0 Å². The van der Waals surface area contributed by atoms with E-state index in [0.717, 1.165) is 32.9 Å². The summed E-state index contributed by atoms with van der Waals surface area (Å²) in [5.41, 5.74) is 3.12. The highest BCUT2D eigenvalue weighted by Crippen LogP contribution is 2.38. The Kier molecular flexibility index (Phi) is 4.37. The zero-order chi connectivity index (χ0) is 19.8. The summed E-state index contributed by atoms with van der Waals surface area (Å²) in [6.07, 6.45) is 1.71. The Bertz CT molecular complexity index is 1290. The van der Waals surface area contributed by atoms with E-state index >= 15 is 0 Å². The van der Waals surface area contributed by atoms with Gasteiger partial charge in [0.1, 0.15) is 29.3 Å². The van der Waals surface area contributed by atoms with Crippen LogP contribution in [0.15, 0.2) is 60.9 Å². The Morgan fingerprint density at radius 3 is 2.52 bits per heavy atom. The van der Waals surface area contributed by atoms with Crippen LogP contribution in [0.5, 0.6) is 11.5 Å². The van der Waals surface area contributed by atoms with Crippen molar-refractivity contribution in [2.45, 2.75) is 13.5 Å². The Morgan fingerprint density at radius 2 is 1.76 bits per heavy atom. The molecule has 29 heavy (non-hydrogen) atoms. The first-order chi connectivity index (χ1) is 14.2. The number of hydrogen-bond acceptors (Lipinski definition) is 6. The third-order valence-electron chi connectivity index (χ3n) is 4.74. The van der Waals surface area contributed by atoms with Crippen LogP contribution >= 0.6 is 11.3 Å². The number of thiophene rings is 1. The maximum Gasteiger partial charge on any atom is 0.189 e. The molecule has 144 valence electrons. The van der Waals surface area contributed by atoms with E-state index in [0.29, 0.717) is 5.82 Å². The van der Waals surface area contributed by atoms with Crippen LogP contribution in [0.25, 0.3) is 27.0 Å². The van der Waals surface area contributed by atoms with Crippen molar-refractivity contribution in [1.82, 2.24) is 19.6 Å². The van der Waals surface area contributed by atoms with Crippen LogP contribution in [-0.4, -0.2) is 26.7 Å². The van der Waals surface area contributed by atoms with Crippen molar-refractivity contribution in [2.24, 2.45) is 0 Å².